The molecule has 1 aliphatic carbocycles. The van der Waals surface area contributed by atoms with E-state index in [0.29, 0.717) is 0 Å². The average Bonchev–Trinajstić information content (AvgIpc) is 1.49. The predicted molar refractivity (Wildman–Crippen MR) is 594 cm³/mol. The van der Waals surface area contributed by atoms with Crippen molar-refractivity contribution in [3.05, 3.63) is 477 Å². The molecule has 656 valence electrons. The van der Waals surface area contributed by atoms with Crippen LogP contribution in [0, 0.1) is 0 Å². The first-order valence-corrected chi connectivity index (χ1v) is 49.6. The highest BCUT2D eigenvalue weighted by Crippen LogP contribution is 2.58. The zero-order chi connectivity index (χ0) is 92.4. The molecule has 0 radical (unpaired) electrons. The third-order valence-corrected chi connectivity index (χ3v) is 31.3. The molecule has 0 unspecified atom stereocenters. The molecule has 30 rings (SSSR count). The molecule has 29 aromatic rings. The normalized spacial score (nSPS) is 12.4. The van der Waals surface area contributed by atoms with Gasteiger partial charge in [0.2, 0.25) is 0 Å². The lowest BCUT2D eigenvalue weighted by atomic mass is 9.80. The first-order valence-electron chi connectivity index (χ1n) is 47.8. The van der Waals surface area contributed by atoms with Crippen molar-refractivity contribution in [1.29, 1.82) is 0 Å². The van der Waals surface area contributed by atoms with Gasteiger partial charge in [0.1, 0.15) is 33.5 Å². The predicted octanol–water partition coefficient (Wildman–Crippen LogP) is 38.4. The summed E-state index contributed by atoms with van der Waals surface area (Å²) in [5, 5.41) is 31.0. The van der Waals surface area contributed by atoms with Crippen molar-refractivity contribution in [1.82, 2.24) is 9.55 Å². The van der Waals surface area contributed by atoms with Gasteiger partial charge < -0.3 is 22.7 Å². The maximum Gasteiger partial charge on any atom is 0.143 e. The molecule has 7 heterocycles. The van der Waals surface area contributed by atoms with E-state index in [9.17, 15) is 0 Å². The minimum Gasteiger partial charge on any atom is -0.455 e. The molecule has 1 aliphatic rings. The van der Waals surface area contributed by atoms with Crippen molar-refractivity contribution in [2.24, 2.45) is 0 Å². The molecule has 0 bridgehead atoms. The number of pyridine rings is 1. The van der Waals surface area contributed by atoms with E-state index in [1.54, 1.807) is 0 Å². The van der Waals surface area contributed by atoms with Crippen LogP contribution in [-0.4, -0.2) is 9.55 Å². The summed E-state index contributed by atoms with van der Waals surface area (Å²) in [7, 11) is 0. The first kappa shape index (κ1) is 80.9. The Morgan fingerprint density at radius 2 is 0.586 bits per heavy atom. The van der Waals surface area contributed by atoms with Gasteiger partial charge in [-0.1, -0.05) is 323 Å². The zero-order valence-electron chi connectivity index (χ0n) is 76.3. The highest BCUT2D eigenvalue weighted by atomic mass is 32.1. The number of para-hydroxylation sites is 7. The number of benzene rings is 22. The van der Waals surface area contributed by atoms with E-state index >= 15 is 0 Å². The van der Waals surface area contributed by atoms with Gasteiger partial charge in [-0.05, 0) is 271 Å². The first-order chi connectivity index (χ1) is 69.3. The third-order valence-electron chi connectivity index (χ3n) is 29.4. The molecule has 6 nitrogen and oxygen atoms in total. The molecular formula is C132H83N3O3S2. The summed E-state index contributed by atoms with van der Waals surface area (Å²) in [5.41, 5.74) is 32.6. The molecule has 140 heavy (non-hydrogen) atoms. The maximum absolute atomic E-state index is 6.73. The number of aromatic nitrogens is 2. The molecule has 7 aromatic heterocycles. The fraction of sp³-hybridized carbons (Fsp3) is 0.0227. The van der Waals surface area contributed by atoms with Crippen LogP contribution in [0.4, 0.5) is 17.1 Å². The molecule has 0 aliphatic heterocycles. The minimum atomic E-state index is -0.0791. The van der Waals surface area contributed by atoms with Gasteiger partial charge in [-0.15, -0.1) is 22.7 Å². The monoisotopic (exact) mass is 1820 g/mol. The summed E-state index contributed by atoms with van der Waals surface area (Å²) >= 11 is 3.63. The number of fused-ring (bicyclic) bond motifs is 29. The van der Waals surface area contributed by atoms with E-state index in [1.165, 1.54) is 174 Å². The Kier molecular flexibility index (Phi) is 18.7. The summed E-state index contributed by atoms with van der Waals surface area (Å²) in [6.45, 7) is 4.73. The summed E-state index contributed by atoms with van der Waals surface area (Å²) in [6, 6.07) is 160. The molecule has 8 heteroatoms. The van der Waals surface area contributed by atoms with Gasteiger partial charge in [0.15, 0.2) is 0 Å². The van der Waals surface area contributed by atoms with E-state index in [2.05, 4.69) is 476 Å². The van der Waals surface area contributed by atoms with E-state index in [1.807, 2.05) is 41.1 Å². The lowest BCUT2D eigenvalue weighted by Crippen LogP contribution is -2.14. The van der Waals surface area contributed by atoms with Crippen molar-refractivity contribution >= 4 is 212 Å². The standard InChI is InChI=1S/C46H27NOS.C43H28N2O.C43H28OS/c1-2-12-29(13-3-1)47-39-19-9-6-14-30(39)37-26-28(22-25-40(37)47)43-33-17-4-5-18-34(33)45-36(44(43)38-27-49-42-21-11-8-16-32(38)42)24-23-35-31-15-7-10-20-41(31)48-46(35)45;1-3-11-31(12-4-1)45(32-13-5-2-6-14-32)33-21-19-29(20-22-33)41-38-24-23-37-34-15-9-10-18-39(34)46-43(37)42(38)36-17-8-7-16-35(36)40(41)30-25-27-44-28-26-30;1-43(2)35-16-8-5-11-26(35)27-20-19-25(23-36(27)43)39-30-14-3-4-15-31(30)41-33(40(39)34-24-45-38-18-10-7-13-29(34)38)22-21-32-28-12-6-9-17-37(28)44-42(32)41/h1-27H;1-28H;3-24H,1-2H3. The summed E-state index contributed by atoms with van der Waals surface area (Å²) in [4.78, 5) is 6.64. The fourth-order valence-electron chi connectivity index (χ4n) is 23.2. The van der Waals surface area contributed by atoms with Crippen LogP contribution in [0.25, 0.3) is 256 Å². The second-order valence-corrected chi connectivity index (χ2v) is 39.0. The van der Waals surface area contributed by atoms with Gasteiger partial charge >= 0.3 is 0 Å². The van der Waals surface area contributed by atoms with Crippen molar-refractivity contribution in [3.63, 3.8) is 0 Å². The zero-order valence-corrected chi connectivity index (χ0v) is 78.0. The molecule has 0 saturated heterocycles. The highest BCUT2D eigenvalue weighted by molar-refractivity contribution is 7.18. The second-order valence-electron chi connectivity index (χ2n) is 37.2. The second kappa shape index (κ2) is 32.3. The van der Waals surface area contributed by atoms with Crippen LogP contribution in [0.15, 0.2) is 479 Å². The molecular weight excluding hydrogens is 1740 g/mol. The molecule has 0 spiro atoms. The molecule has 0 amide bonds. The van der Waals surface area contributed by atoms with Gasteiger partial charge in [-0.25, -0.2) is 0 Å². The Hall–Kier alpha value is -17.5. The van der Waals surface area contributed by atoms with Crippen molar-refractivity contribution in [2.45, 2.75) is 19.3 Å². The van der Waals surface area contributed by atoms with Gasteiger partial charge in [-0.3, -0.25) is 4.98 Å². The number of anilines is 3. The summed E-state index contributed by atoms with van der Waals surface area (Å²) < 4.78 is 25.1. The maximum atomic E-state index is 6.73. The summed E-state index contributed by atoms with van der Waals surface area (Å²) in [6.07, 6.45) is 3.75. The van der Waals surface area contributed by atoms with Crippen molar-refractivity contribution < 1.29 is 13.3 Å². The topological polar surface area (TPSA) is 60.5 Å². The number of hydrogen-bond donors (Lipinski definition) is 0. The number of hydrogen-bond acceptors (Lipinski definition) is 7. The van der Waals surface area contributed by atoms with Gasteiger partial charge in [-0.2, -0.15) is 0 Å². The summed E-state index contributed by atoms with van der Waals surface area (Å²) in [5.74, 6) is 0. The van der Waals surface area contributed by atoms with Crippen LogP contribution >= 0.6 is 22.7 Å². The Labute approximate surface area is 813 Å². The van der Waals surface area contributed by atoms with E-state index in [-0.39, 0.29) is 5.41 Å². The quantitative estimate of drug-likeness (QED) is 0.128. The van der Waals surface area contributed by atoms with Crippen LogP contribution in [0.5, 0.6) is 0 Å². The molecule has 22 aromatic carbocycles. The van der Waals surface area contributed by atoms with E-state index in [4.69, 9.17) is 13.3 Å². The van der Waals surface area contributed by atoms with Crippen LogP contribution in [0.3, 0.4) is 0 Å². The van der Waals surface area contributed by atoms with Crippen LogP contribution in [0.2, 0.25) is 0 Å². The molecule has 0 fully saturated rings. The minimum absolute atomic E-state index is 0.0791. The van der Waals surface area contributed by atoms with Crippen molar-refractivity contribution in [3.8, 4) is 83.6 Å². The van der Waals surface area contributed by atoms with Crippen LogP contribution < -0.4 is 4.90 Å². The van der Waals surface area contributed by atoms with Crippen LogP contribution in [-0.2, 0) is 5.41 Å². The van der Waals surface area contributed by atoms with Crippen LogP contribution in [0.1, 0.15) is 25.0 Å². The van der Waals surface area contributed by atoms with Gasteiger partial charge in [0, 0.05) is 131 Å². The lowest BCUT2D eigenvalue weighted by Gasteiger charge is -2.26. The Morgan fingerprint density at radius 3 is 1.09 bits per heavy atom. The fourth-order valence-corrected chi connectivity index (χ4v) is 25.1. The van der Waals surface area contributed by atoms with Gasteiger partial charge in [0.25, 0.3) is 0 Å². The Bertz CT molecular complexity index is 10100. The smallest absolute Gasteiger partial charge is 0.143 e. The van der Waals surface area contributed by atoms with E-state index < -0.39 is 0 Å². The number of rotatable bonds is 10. The SMILES string of the molecule is CC1(C)c2ccccc2-c2ccc(-c3c(-c4csc5ccccc45)c4ccc5c6ccccc6oc5c4c4ccccc34)cc21.c1ccc(-n2c3ccccc3c3cc(-c4c(-c5csc6ccccc56)c5ccc6c7ccccc7oc6c5c5ccccc45)ccc32)cc1.c1ccc(N(c2ccccc2)c2ccc(-c3c(-c4ccncc4)c4ccccc4c4c3ccc3c5ccccc5oc34)cc2)cc1. The van der Waals surface area contributed by atoms with Gasteiger partial charge in [0.05, 0.1) is 11.0 Å². The largest absolute Gasteiger partial charge is 0.455 e. The molecule has 0 N–H and O–H groups in total. The molecule has 0 saturated carbocycles. The highest BCUT2D eigenvalue weighted by Gasteiger charge is 2.37. The third kappa shape index (κ3) is 12.6. The van der Waals surface area contributed by atoms with Crippen molar-refractivity contribution in [2.75, 3.05) is 4.90 Å². The number of furan rings is 3. The Morgan fingerprint density at radius 1 is 0.236 bits per heavy atom. The van der Waals surface area contributed by atoms with E-state index in [0.717, 1.165) is 110 Å². The Balaban J connectivity index is 0.000000103. The average molecular weight is 1820 g/mol. The molecule has 0 atom stereocenters. The lowest BCUT2D eigenvalue weighted by molar-refractivity contribution is 0.660. The number of nitrogens with zero attached hydrogens (tertiary/aromatic N) is 3. The number of thiophene rings is 2.